The third-order valence-corrected chi connectivity index (χ3v) is 5.68. The van der Waals surface area contributed by atoms with Crippen molar-refractivity contribution in [3.63, 3.8) is 0 Å². The minimum Gasteiger partial charge on any atom is -0.444 e. The second kappa shape index (κ2) is 10.8. The van der Waals surface area contributed by atoms with E-state index in [9.17, 15) is 19.8 Å². The lowest BCUT2D eigenvalue weighted by Crippen LogP contribution is -2.49. The minimum absolute atomic E-state index is 0.0435. The van der Waals surface area contributed by atoms with Gasteiger partial charge in [0.2, 0.25) is 11.8 Å². The van der Waals surface area contributed by atoms with Crippen LogP contribution in [0.1, 0.15) is 28.0 Å². The van der Waals surface area contributed by atoms with Gasteiger partial charge in [-0.25, -0.2) is 4.98 Å². The number of nitrogens with one attached hydrogen (secondary N) is 1. The average molecular weight is 476 g/mol. The molecular weight excluding hydrogens is 452 g/mol. The summed E-state index contributed by atoms with van der Waals surface area (Å²) >= 11 is 0. The largest absolute Gasteiger partial charge is 0.444 e. The molecule has 1 fully saturated rings. The van der Waals surface area contributed by atoms with Gasteiger partial charge < -0.3 is 24.8 Å². The Morgan fingerprint density at radius 3 is 2.71 bits per heavy atom. The highest BCUT2D eigenvalue weighted by Crippen LogP contribution is 2.21. The Morgan fingerprint density at radius 2 is 1.97 bits per heavy atom. The number of β-amino-alcohol motifs (C(OH)–C–C–N with tert-alkyl or cyclic N) is 1. The lowest BCUT2D eigenvalue weighted by molar-refractivity contribution is -0.120. The lowest BCUT2D eigenvalue weighted by atomic mass is 10.0. The van der Waals surface area contributed by atoms with E-state index in [-0.39, 0.29) is 36.4 Å². The van der Waals surface area contributed by atoms with Crippen molar-refractivity contribution in [2.75, 3.05) is 13.1 Å². The molecule has 1 aliphatic heterocycles. The maximum atomic E-state index is 12.6. The van der Waals surface area contributed by atoms with Gasteiger partial charge in [0.15, 0.2) is 5.69 Å². The molecule has 2 aromatic carbocycles. The number of nitrogens with zero attached hydrogens (tertiary/aromatic N) is 5. The lowest BCUT2D eigenvalue weighted by Gasteiger charge is -2.32. The van der Waals surface area contributed by atoms with Crippen LogP contribution >= 0.6 is 0 Å². The van der Waals surface area contributed by atoms with Gasteiger partial charge in [0, 0.05) is 35.8 Å². The monoisotopic (exact) mass is 476 g/mol. The number of benzene rings is 2. The zero-order valence-electron chi connectivity index (χ0n) is 18.7. The number of aliphatic hydroxyl groups is 2. The van der Waals surface area contributed by atoms with Crippen LogP contribution in [0.15, 0.2) is 64.3 Å². The van der Waals surface area contributed by atoms with E-state index < -0.39 is 12.2 Å². The molecule has 2 heterocycles. The fraction of sp³-hybridized carbons (Fsp3) is 0.292. The molecule has 1 aliphatic rings. The number of likely N-dealkylation sites (tertiary alicyclic amines) is 1. The summed E-state index contributed by atoms with van der Waals surface area (Å²) in [6, 6.07) is 14.1. The van der Waals surface area contributed by atoms with E-state index in [1.54, 1.807) is 36.4 Å². The quantitative estimate of drug-likeness (QED) is 0.269. The predicted octanol–water partition coefficient (Wildman–Crippen LogP) is 2.71. The maximum absolute atomic E-state index is 12.6. The van der Waals surface area contributed by atoms with Crippen molar-refractivity contribution in [2.45, 2.75) is 31.6 Å². The molecule has 1 saturated heterocycles. The fourth-order valence-electron chi connectivity index (χ4n) is 3.76. The highest BCUT2D eigenvalue weighted by molar-refractivity contribution is 5.92. The molecular formula is C24H24N6O5. The standard InChI is InChI=1S/C24H24N6O5/c25-29-28-18-3-1-2-16(10-18)11-22(33)26-12-15-4-6-17(7-5-15)23-27-19(14-35-23)24(34)30-9-8-20(31)21(32)13-30/h1-7,10,14,20-21,31-32H,8-9,11-13H2,(H,26,33)/t20-,21-/m1/s1. The van der Waals surface area contributed by atoms with Gasteiger partial charge in [0.1, 0.15) is 6.26 Å². The van der Waals surface area contributed by atoms with Gasteiger partial charge in [-0.1, -0.05) is 35.4 Å². The SMILES string of the molecule is [N-]=[N+]=Nc1cccc(CC(=O)NCc2ccc(-c3nc(C(=O)N4CC[C@@H](O)[C@H](O)C4)co3)cc2)c1. The Balaban J connectivity index is 1.32. The molecule has 0 unspecified atom stereocenters. The number of hydrogen-bond donors (Lipinski definition) is 3. The zero-order valence-corrected chi connectivity index (χ0v) is 18.7. The number of aliphatic hydroxyl groups excluding tert-OH is 2. The van der Waals surface area contributed by atoms with Crippen LogP contribution in [0.5, 0.6) is 0 Å². The zero-order chi connectivity index (χ0) is 24.8. The molecule has 35 heavy (non-hydrogen) atoms. The number of carbonyl (C=O) groups excluding carboxylic acids is 2. The summed E-state index contributed by atoms with van der Waals surface area (Å²) in [5.41, 5.74) is 11.4. The van der Waals surface area contributed by atoms with E-state index in [2.05, 4.69) is 20.3 Å². The minimum atomic E-state index is -0.977. The van der Waals surface area contributed by atoms with Crippen molar-refractivity contribution in [2.24, 2.45) is 5.11 Å². The van der Waals surface area contributed by atoms with Crippen LogP contribution in [0.25, 0.3) is 21.9 Å². The summed E-state index contributed by atoms with van der Waals surface area (Å²) in [6.07, 6.45) is -0.0641. The number of hydrogen-bond acceptors (Lipinski definition) is 7. The van der Waals surface area contributed by atoms with E-state index in [4.69, 9.17) is 9.95 Å². The molecule has 1 aromatic heterocycles. The molecule has 2 atom stereocenters. The predicted molar refractivity (Wildman–Crippen MR) is 125 cm³/mol. The summed E-state index contributed by atoms with van der Waals surface area (Å²) < 4.78 is 5.47. The Hall–Kier alpha value is -4.18. The normalized spacial score (nSPS) is 17.5. The molecule has 4 rings (SSSR count). The molecule has 0 bridgehead atoms. The second-order valence-corrected chi connectivity index (χ2v) is 8.22. The molecule has 0 aliphatic carbocycles. The first-order valence-electron chi connectivity index (χ1n) is 11.0. The van der Waals surface area contributed by atoms with Crippen molar-refractivity contribution in [3.8, 4) is 11.5 Å². The first-order valence-corrected chi connectivity index (χ1v) is 11.0. The van der Waals surface area contributed by atoms with Gasteiger partial charge in [0.05, 0.1) is 18.6 Å². The van der Waals surface area contributed by atoms with Gasteiger partial charge in [-0.3, -0.25) is 9.59 Å². The number of amides is 2. The number of azide groups is 1. The van der Waals surface area contributed by atoms with Gasteiger partial charge in [0.25, 0.3) is 5.91 Å². The number of rotatable bonds is 7. The van der Waals surface area contributed by atoms with Crippen molar-refractivity contribution < 1.29 is 24.2 Å². The third kappa shape index (κ3) is 6.04. The first-order chi connectivity index (χ1) is 16.9. The Bertz CT molecular complexity index is 1250. The molecule has 3 aromatic rings. The van der Waals surface area contributed by atoms with Gasteiger partial charge >= 0.3 is 0 Å². The Labute approximate surface area is 200 Å². The van der Waals surface area contributed by atoms with Gasteiger partial charge in [-0.15, -0.1) is 0 Å². The highest BCUT2D eigenvalue weighted by atomic mass is 16.3. The van der Waals surface area contributed by atoms with Crippen LogP contribution in [0, 0.1) is 0 Å². The van der Waals surface area contributed by atoms with E-state index in [1.807, 2.05) is 12.1 Å². The fourth-order valence-corrected chi connectivity index (χ4v) is 3.76. The topological polar surface area (TPSA) is 165 Å². The van der Waals surface area contributed by atoms with Crippen LogP contribution < -0.4 is 5.32 Å². The summed E-state index contributed by atoms with van der Waals surface area (Å²) in [6.45, 7) is 0.703. The molecule has 0 saturated carbocycles. The average Bonchev–Trinajstić information content (AvgIpc) is 3.35. The molecule has 2 amide bonds. The summed E-state index contributed by atoms with van der Waals surface area (Å²) in [7, 11) is 0. The van der Waals surface area contributed by atoms with E-state index in [0.717, 1.165) is 11.1 Å². The van der Waals surface area contributed by atoms with E-state index in [0.29, 0.717) is 30.8 Å². The summed E-state index contributed by atoms with van der Waals surface area (Å²) in [4.78, 5) is 33.4. The van der Waals surface area contributed by atoms with E-state index >= 15 is 0 Å². The molecule has 11 heteroatoms. The van der Waals surface area contributed by atoms with Gasteiger partial charge in [-0.05, 0) is 41.3 Å². The second-order valence-electron chi connectivity index (χ2n) is 8.22. The maximum Gasteiger partial charge on any atom is 0.275 e. The Morgan fingerprint density at radius 1 is 1.17 bits per heavy atom. The highest BCUT2D eigenvalue weighted by Gasteiger charge is 2.30. The number of carbonyl (C=O) groups is 2. The smallest absolute Gasteiger partial charge is 0.275 e. The molecule has 3 N–H and O–H groups in total. The molecule has 0 spiro atoms. The first kappa shape index (κ1) is 24.0. The van der Waals surface area contributed by atoms with Crippen LogP contribution in [0.3, 0.4) is 0 Å². The van der Waals surface area contributed by atoms with Crippen molar-refractivity contribution >= 4 is 17.5 Å². The van der Waals surface area contributed by atoms with Gasteiger partial charge in [-0.2, -0.15) is 0 Å². The van der Waals surface area contributed by atoms with Crippen LogP contribution in [0.4, 0.5) is 5.69 Å². The number of oxazole rings is 1. The molecule has 180 valence electrons. The molecule has 11 nitrogen and oxygen atoms in total. The van der Waals surface area contributed by atoms with Crippen molar-refractivity contribution in [3.05, 3.63) is 82.1 Å². The van der Waals surface area contributed by atoms with Crippen LogP contribution in [-0.2, 0) is 17.8 Å². The summed E-state index contributed by atoms with van der Waals surface area (Å²) in [5, 5.41) is 25.8. The van der Waals surface area contributed by atoms with Crippen LogP contribution in [-0.4, -0.2) is 57.2 Å². The molecule has 0 radical (unpaired) electrons. The summed E-state index contributed by atoms with van der Waals surface area (Å²) in [5.74, 6) is -0.255. The number of aromatic nitrogens is 1. The third-order valence-electron chi connectivity index (χ3n) is 5.68. The van der Waals surface area contributed by atoms with Crippen molar-refractivity contribution in [1.82, 2.24) is 15.2 Å². The number of piperidine rings is 1. The van der Waals surface area contributed by atoms with E-state index in [1.165, 1.54) is 11.2 Å². The Kier molecular flexibility index (Phi) is 7.41. The van der Waals surface area contributed by atoms with Crippen LogP contribution in [0.2, 0.25) is 0 Å². The van der Waals surface area contributed by atoms with Crippen molar-refractivity contribution in [1.29, 1.82) is 0 Å².